The predicted molar refractivity (Wildman–Crippen MR) is 67.2 cm³/mol. The highest BCUT2D eigenvalue weighted by Crippen LogP contribution is 2.37. The van der Waals surface area contributed by atoms with Crippen LogP contribution in [0.15, 0.2) is 12.1 Å². The van der Waals surface area contributed by atoms with E-state index in [4.69, 9.17) is 14.6 Å². The summed E-state index contributed by atoms with van der Waals surface area (Å²) in [7, 11) is 0. The number of aliphatic hydroxyl groups is 1. The van der Waals surface area contributed by atoms with Crippen molar-refractivity contribution in [2.75, 3.05) is 26.5 Å². The predicted octanol–water partition coefficient (Wildman–Crippen LogP) is 0.782. The van der Waals surface area contributed by atoms with E-state index in [9.17, 15) is 4.79 Å². The normalized spacial score (nSPS) is 20.8. The minimum Gasteiger partial charge on any atom is -0.454 e. The van der Waals surface area contributed by atoms with Crippen molar-refractivity contribution >= 4 is 6.03 Å². The van der Waals surface area contributed by atoms with Crippen LogP contribution in [0.3, 0.4) is 0 Å². The first kappa shape index (κ1) is 12.1. The van der Waals surface area contributed by atoms with Gasteiger partial charge in [-0.1, -0.05) is 0 Å². The summed E-state index contributed by atoms with van der Waals surface area (Å²) < 4.78 is 10.7. The summed E-state index contributed by atoms with van der Waals surface area (Å²) in [6, 6.07) is 3.63. The first-order valence-electron chi connectivity index (χ1n) is 6.25. The zero-order chi connectivity index (χ0) is 13.4. The number of benzene rings is 1. The van der Waals surface area contributed by atoms with E-state index in [-0.39, 0.29) is 25.5 Å². The fourth-order valence-electron chi connectivity index (χ4n) is 2.51. The number of aryl methyl sites for hydroxylation is 1. The molecule has 19 heavy (non-hydrogen) atoms. The van der Waals surface area contributed by atoms with Crippen molar-refractivity contribution < 1.29 is 19.4 Å². The van der Waals surface area contributed by atoms with Crippen LogP contribution in [0.25, 0.3) is 0 Å². The number of hydrogen-bond donors (Lipinski definition) is 2. The van der Waals surface area contributed by atoms with Crippen LogP contribution in [0, 0.1) is 6.92 Å². The molecule has 0 aliphatic carbocycles. The summed E-state index contributed by atoms with van der Waals surface area (Å²) in [4.78, 5) is 13.3. The molecule has 6 heteroatoms. The maximum absolute atomic E-state index is 11.7. The van der Waals surface area contributed by atoms with Crippen LogP contribution in [0.5, 0.6) is 11.5 Å². The van der Waals surface area contributed by atoms with Crippen molar-refractivity contribution in [1.82, 2.24) is 10.2 Å². The van der Waals surface area contributed by atoms with Crippen molar-refractivity contribution in [2.45, 2.75) is 13.0 Å². The van der Waals surface area contributed by atoms with Crippen LogP contribution >= 0.6 is 0 Å². The second kappa shape index (κ2) is 4.62. The summed E-state index contributed by atoms with van der Waals surface area (Å²) in [6.45, 7) is 3.11. The minimum atomic E-state index is -0.142. The summed E-state index contributed by atoms with van der Waals surface area (Å²) in [6.07, 6.45) is 0. The molecule has 2 heterocycles. The first-order valence-corrected chi connectivity index (χ1v) is 6.25. The van der Waals surface area contributed by atoms with E-state index in [0.717, 1.165) is 22.6 Å². The zero-order valence-corrected chi connectivity index (χ0v) is 10.7. The third kappa shape index (κ3) is 2.08. The lowest BCUT2D eigenvalue weighted by Crippen LogP contribution is -2.30. The minimum absolute atomic E-state index is 0.0275. The van der Waals surface area contributed by atoms with E-state index in [1.807, 2.05) is 19.1 Å². The Labute approximate surface area is 110 Å². The highest BCUT2D eigenvalue weighted by molar-refractivity contribution is 5.77. The van der Waals surface area contributed by atoms with Crippen molar-refractivity contribution in [3.63, 3.8) is 0 Å². The molecule has 1 fully saturated rings. The number of carbonyl (C=O) groups excluding carboxylic acids is 1. The van der Waals surface area contributed by atoms with E-state index in [2.05, 4.69) is 5.32 Å². The van der Waals surface area contributed by atoms with Crippen molar-refractivity contribution in [3.05, 3.63) is 23.3 Å². The third-order valence-corrected chi connectivity index (χ3v) is 3.49. The SMILES string of the molecule is Cc1cc2c(cc1C1CN(CCO)C(=O)N1)OCO2. The third-order valence-electron chi connectivity index (χ3n) is 3.49. The van der Waals surface area contributed by atoms with Crippen LogP contribution in [0.1, 0.15) is 17.2 Å². The van der Waals surface area contributed by atoms with Gasteiger partial charge in [0, 0.05) is 13.1 Å². The standard InChI is InChI=1S/C13H16N2O4/c1-8-4-11-12(19-7-18-11)5-9(8)10-6-15(2-3-16)13(17)14-10/h4-5,10,16H,2-3,6-7H2,1H3,(H,14,17). The molecule has 0 aromatic heterocycles. The molecule has 1 saturated heterocycles. The Kier molecular flexibility index (Phi) is 2.94. The average Bonchev–Trinajstić information content (AvgIpc) is 2.96. The van der Waals surface area contributed by atoms with Gasteiger partial charge >= 0.3 is 6.03 Å². The maximum atomic E-state index is 11.7. The number of nitrogens with zero attached hydrogens (tertiary/aromatic N) is 1. The fourth-order valence-corrected chi connectivity index (χ4v) is 2.51. The van der Waals surface area contributed by atoms with Gasteiger partial charge in [0.15, 0.2) is 11.5 Å². The lowest BCUT2D eigenvalue weighted by Gasteiger charge is -2.15. The molecule has 6 nitrogen and oxygen atoms in total. The van der Waals surface area contributed by atoms with Gasteiger partial charge in [0.25, 0.3) is 0 Å². The van der Waals surface area contributed by atoms with E-state index >= 15 is 0 Å². The Balaban J connectivity index is 1.85. The molecular formula is C13H16N2O4. The zero-order valence-electron chi connectivity index (χ0n) is 10.7. The van der Waals surface area contributed by atoms with Gasteiger partial charge in [-0.2, -0.15) is 0 Å². The van der Waals surface area contributed by atoms with Crippen LogP contribution in [-0.2, 0) is 0 Å². The van der Waals surface area contributed by atoms with Crippen molar-refractivity contribution in [2.24, 2.45) is 0 Å². The summed E-state index contributed by atoms with van der Waals surface area (Å²) in [5.74, 6) is 1.47. The van der Waals surface area contributed by atoms with Gasteiger partial charge in [-0.25, -0.2) is 4.79 Å². The lowest BCUT2D eigenvalue weighted by molar-refractivity contribution is 0.174. The molecule has 1 atom stereocenters. The number of urea groups is 1. The number of carbonyl (C=O) groups is 1. The van der Waals surface area contributed by atoms with E-state index < -0.39 is 0 Å². The van der Waals surface area contributed by atoms with Gasteiger partial charge in [-0.3, -0.25) is 0 Å². The lowest BCUT2D eigenvalue weighted by atomic mass is 10.0. The quantitative estimate of drug-likeness (QED) is 0.846. The van der Waals surface area contributed by atoms with Crippen molar-refractivity contribution in [1.29, 1.82) is 0 Å². The molecule has 1 aromatic rings. The van der Waals surface area contributed by atoms with Crippen molar-refractivity contribution in [3.8, 4) is 11.5 Å². The monoisotopic (exact) mass is 264 g/mol. The number of β-amino-alcohol motifs (C(OH)–C–C–N with tert-alkyl or cyclic N) is 1. The Bertz CT molecular complexity index is 518. The number of nitrogens with one attached hydrogen (secondary N) is 1. The Morgan fingerprint density at radius 1 is 1.42 bits per heavy atom. The Hall–Kier alpha value is -1.95. The Morgan fingerprint density at radius 3 is 2.89 bits per heavy atom. The molecule has 3 rings (SSSR count). The Morgan fingerprint density at radius 2 is 2.16 bits per heavy atom. The number of rotatable bonds is 3. The molecule has 1 unspecified atom stereocenters. The van der Waals surface area contributed by atoms with Gasteiger partial charge in [0.2, 0.25) is 6.79 Å². The number of fused-ring (bicyclic) bond motifs is 1. The molecule has 2 aliphatic heterocycles. The highest BCUT2D eigenvalue weighted by atomic mass is 16.7. The van der Waals surface area contributed by atoms with E-state index in [0.29, 0.717) is 13.1 Å². The molecule has 0 spiro atoms. The second-order valence-corrected chi connectivity index (χ2v) is 4.73. The number of amides is 2. The molecule has 0 bridgehead atoms. The molecule has 102 valence electrons. The number of ether oxygens (including phenoxy) is 2. The summed E-state index contributed by atoms with van der Waals surface area (Å²) >= 11 is 0. The van der Waals surface area contributed by atoms with E-state index in [1.165, 1.54) is 0 Å². The van der Waals surface area contributed by atoms with Crippen LogP contribution < -0.4 is 14.8 Å². The summed E-state index contributed by atoms with van der Waals surface area (Å²) in [5.41, 5.74) is 2.08. The maximum Gasteiger partial charge on any atom is 0.318 e. The molecule has 2 N–H and O–H groups in total. The van der Waals surface area contributed by atoms with Gasteiger partial charge < -0.3 is 24.8 Å². The fraction of sp³-hybridized carbons (Fsp3) is 0.462. The molecule has 0 saturated carbocycles. The second-order valence-electron chi connectivity index (χ2n) is 4.73. The van der Waals surface area contributed by atoms with Crippen LogP contribution in [0.2, 0.25) is 0 Å². The van der Waals surface area contributed by atoms with Gasteiger partial charge in [-0.05, 0) is 30.2 Å². The molecule has 0 radical (unpaired) electrons. The molecule has 2 amide bonds. The molecule has 1 aromatic carbocycles. The van der Waals surface area contributed by atoms with E-state index in [1.54, 1.807) is 4.90 Å². The molecule has 2 aliphatic rings. The van der Waals surface area contributed by atoms with Crippen LogP contribution in [0.4, 0.5) is 4.79 Å². The smallest absolute Gasteiger partial charge is 0.318 e. The number of aliphatic hydroxyl groups excluding tert-OH is 1. The highest BCUT2D eigenvalue weighted by Gasteiger charge is 2.31. The average molecular weight is 264 g/mol. The van der Waals surface area contributed by atoms with Gasteiger partial charge in [-0.15, -0.1) is 0 Å². The van der Waals surface area contributed by atoms with Gasteiger partial charge in [0.05, 0.1) is 12.6 Å². The van der Waals surface area contributed by atoms with Crippen LogP contribution in [-0.4, -0.2) is 42.5 Å². The first-order chi connectivity index (χ1) is 9.19. The molecular weight excluding hydrogens is 248 g/mol. The van der Waals surface area contributed by atoms with Gasteiger partial charge in [0.1, 0.15) is 0 Å². The topological polar surface area (TPSA) is 71.0 Å². The number of hydrogen-bond acceptors (Lipinski definition) is 4. The largest absolute Gasteiger partial charge is 0.454 e. The summed E-state index contributed by atoms with van der Waals surface area (Å²) in [5, 5.41) is 11.8.